The van der Waals surface area contributed by atoms with Gasteiger partial charge in [-0.15, -0.1) is 5.10 Å². The maximum atomic E-state index is 4.52. The highest BCUT2D eigenvalue weighted by Gasteiger charge is 2.06. The van der Waals surface area contributed by atoms with Crippen molar-refractivity contribution in [3.05, 3.63) is 102 Å². The zero-order valence-electron chi connectivity index (χ0n) is 12.9. The van der Waals surface area contributed by atoms with Gasteiger partial charge in [-0.25, -0.2) is 0 Å². The minimum Gasteiger partial charge on any atom is -0.265 e. The van der Waals surface area contributed by atoms with E-state index in [9.17, 15) is 0 Å². The first-order valence-electron chi connectivity index (χ1n) is 7.48. The van der Waals surface area contributed by atoms with Gasteiger partial charge >= 0.3 is 0 Å². The van der Waals surface area contributed by atoms with Crippen LogP contribution >= 0.6 is 0 Å². The molecule has 3 heteroatoms. The maximum Gasteiger partial charge on any atom is 0.100 e. The molecule has 23 heavy (non-hydrogen) atoms. The maximum absolute atomic E-state index is 4.52. The first-order chi connectivity index (χ1) is 11.3. The molecule has 0 unspecified atom stereocenters. The highest BCUT2D eigenvalue weighted by molar-refractivity contribution is 6.13. The fourth-order valence-electron chi connectivity index (χ4n) is 2.25. The predicted molar refractivity (Wildman–Crippen MR) is 95.0 cm³/mol. The van der Waals surface area contributed by atoms with Gasteiger partial charge in [0.15, 0.2) is 0 Å². The number of aromatic nitrogens is 1. The number of rotatable bonds is 4. The Hall–Kier alpha value is -3.07. The third kappa shape index (κ3) is 3.77. The van der Waals surface area contributed by atoms with E-state index in [0.29, 0.717) is 0 Å². The van der Waals surface area contributed by atoms with Gasteiger partial charge in [0.25, 0.3) is 0 Å². The van der Waals surface area contributed by atoms with Gasteiger partial charge in [0.2, 0.25) is 0 Å². The van der Waals surface area contributed by atoms with Gasteiger partial charge in [0.1, 0.15) is 5.71 Å². The van der Waals surface area contributed by atoms with Crippen LogP contribution in [0.3, 0.4) is 0 Å². The van der Waals surface area contributed by atoms with Crippen molar-refractivity contribution in [3.63, 3.8) is 0 Å². The Morgan fingerprint density at radius 2 is 1.17 bits per heavy atom. The molecule has 0 saturated carbocycles. The number of pyridine rings is 1. The largest absolute Gasteiger partial charge is 0.265 e. The number of nitrogens with zero attached hydrogens (tertiary/aromatic N) is 3. The van der Waals surface area contributed by atoms with Crippen molar-refractivity contribution in [2.45, 2.75) is 6.92 Å². The van der Waals surface area contributed by atoms with Crippen molar-refractivity contribution < 1.29 is 0 Å². The molecule has 0 saturated heterocycles. The van der Waals surface area contributed by atoms with Gasteiger partial charge in [0.05, 0.1) is 5.71 Å². The Kier molecular flexibility index (Phi) is 4.69. The van der Waals surface area contributed by atoms with Crippen LogP contribution in [0.4, 0.5) is 0 Å². The van der Waals surface area contributed by atoms with E-state index in [1.54, 1.807) is 12.4 Å². The second-order valence-corrected chi connectivity index (χ2v) is 5.10. The molecule has 0 spiro atoms. The van der Waals surface area contributed by atoms with E-state index in [-0.39, 0.29) is 0 Å². The Labute approximate surface area is 136 Å². The second-order valence-electron chi connectivity index (χ2n) is 5.10. The molecule has 0 amide bonds. The van der Waals surface area contributed by atoms with Crippen molar-refractivity contribution in [1.82, 2.24) is 4.98 Å². The summed E-state index contributed by atoms with van der Waals surface area (Å²) in [5, 5.41) is 8.95. The molecule has 0 atom stereocenters. The summed E-state index contributed by atoms with van der Waals surface area (Å²) in [4.78, 5) is 4.03. The van der Waals surface area contributed by atoms with Crippen LogP contribution in [0.1, 0.15) is 23.6 Å². The minimum atomic E-state index is 0.858. The SMILES string of the molecule is CC(=NN=C(c1ccccc1)c1ccccc1)c1ccncc1. The normalized spacial score (nSPS) is 11.1. The summed E-state index contributed by atoms with van der Waals surface area (Å²) in [6.07, 6.45) is 3.51. The molecule has 3 rings (SSSR count). The van der Waals surface area contributed by atoms with Crippen LogP contribution in [0.15, 0.2) is 95.4 Å². The molecular weight excluding hydrogens is 282 g/mol. The molecule has 3 nitrogen and oxygen atoms in total. The number of hydrogen-bond donors (Lipinski definition) is 0. The van der Waals surface area contributed by atoms with E-state index >= 15 is 0 Å². The van der Waals surface area contributed by atoms with Crippen molar-refractivity contribution in [1.29, 1.82) is 0 Å². The van der Waals surface area contributed by atoms with Crippen LogP contribution in [0.25, 0.3) is 0 Å². The molecular formula is C20H17N3. The average Bonchev–Trinajstić information content (AvgIpc) is 2.64. The van der Waals surface area contributed by atoms with Gasteiger partial charge in [-0.3, -0.25) is 4.98 Å². The second kappa shape index (κ2) is 7.27. The van der Waals surface area contributed by atoms with Crippen molar-refractivity contribution in [2.75, 3.05) is 0 Å². The van der Waals surface area contributed by atoms with E-state index in [2.05, 4.69) is 15.2 Å². The van der Waals surface area contributed by atoms with Crippen molar-refractivity contribution in [3.8, 4) is 0 Å². The summed E-state index contributed by atoms with van der Waals surface area (Å²) < 4.78 is 0. The third-order valence-electron chi connectivity index (χ3n) is 3.49. The van der Waals surface area contributed by atoms with Crippen LogP contribution in [-0.4, -0.2) is 16.4 Å². The third-order valence-corrected chi connectivity index (χ3v) is 3.49. The highest BCUT2D eigenvalue weighted by atomic mass is 15.2. The summed E-state index contributed by atoms with van der Waals surface area (Å²) in [5.74, 6) is 0. The Morgan fingerprint density at radius 3 is 1.70 bits per heavy atom. The monoisotopic (exact) mass is 299 g/mol. The van der Waals surface area contributed by atoms with Crippen LogP contribution in [0, 0.1) is 0 Å². The van der Waals surface area contributed by atoms with Crippen molar-refractivity contribution >= 4 is 11.4 Å². The van der Waals surface area contributed by atoms with E-state index in [0.717, 1.165) is 28.1 Å². The molecule has 0 aliphatic heterocycles. The molecule has 0 aliphatic carbocycles. The van der Waals surface area contributed by atoms with E-state index in [4.69, 9.17) is 0 Å². The smallest absolute Gasteiger partial charge is 0.100 e. The summed E-state index contributed by atoms with van der Waals surface area (Å²) in [7, 11) is 0. The lowest BCUT2D eigenvalue weighted by Gasteiger charge is -2.05. The Morgan fingerprint density at radius 1 is 0.652 bits per heavy atom. The van der Waals surface area contributed by atoms with Crippen LogP contribution in [0.2, 0.25) is 0 Å². The highest BCUT2D eigenvalue weighted by Crippen LogP contribution is 2.11. The van der Waals surface area contributed by atoms with Gasteiger partial charge in [-0.1, -0.05) is 60.7 Å². The molecule has 1 heterocycles. The quantitative estimate of drug-likeness (QED) is 0.521. The molecule has 112 valence electrons. The molecule has 0 aliphatic rings. The Bertz CT molecular complexity index is 766. The fraction of sp³-hybridized carbons (Fsp3) is 0.0500. The molecule has 0 fully saturated rings. The standard InChI is InChI=1S/C20H17N3/c1-16(17-12-14-21-15-13-17)22-23-20(18-8-4-2-5-9-18)19-10-6-3-7-11-19/h2-15H,1H3. The van der Waals surface area contributed by atoms with E-state index in [1.807, 2.05) is 79.7 Å². The molecule has 3 aromatic rings. The number of benzene rings is 2. The summed E-state index contributed by atoms with van der Waals surface area (Å²) in [5.41, 5.74) is 4.83. The summed E-state index contributed by atoms with van der Waals surface area (Å²) in [6, 6.07) is 24.1. The molecule has 0 bridgehead atoms. The predicted octanol–water partition coefficient (Wildman–Crippen LogP) is 4.34. The molecule has 1 aromatic heterocycles. The van der Waals surface area contributed by atoms with Crippen molar-refractivity contribution in [2.24, 2.45) is 10.2 Å². The van der Waals surface area contributed by atoms with Crippen LogP contribution < -0.4 is 0 Å². The molecule has 2 aromatic carbocycles. The molecule has 0 radical (unpaired) electrons. The average molecular weight is 299 g/mol. The lowest BCUT2D eigenvalue weighted by Crippen LogP contribution is -2.03. The summed E-state index contributed by atoms with van der Waals surface area (Å²) in [6.45, 7) is 1.95. The first kappa shape index (κ1) is 14.9. The fourth-order valence-corrected chi connectivity index (χ4v) is 2.25. The van der Waals surface area contributed by atoms with E-state index < -0.39 is 0 Å². The zero-order valence-corrected chi connectivity index (χ0v) is 12.9. The first-order valence-corrected chi connectivity index (χ1v) is 7.48. The summed E-state index contributed by atoms with van der Waals surface area (Å²) >= 11 is 0. The number of hydrogen-bond acceptors (Lipinski definition) is 3. The van der Waals surface area contributed by atoms with Gasteiger partial charge in [-0.05, 0) is 19.1 Å². The lowest BCUT2D eigenvalue weighted by molar-refractivity contribution is 1.21. The minimum absolute atomic E-state index is 0.858. The van der Waals surface area contributed by atoms with Crippen LogP contribution in [0.5, 0.6) is 0 Å². The van der Waals surface area contributed by atoms with Gasteiger partial charge in [0, 0.05) is 29.1 Å². The topological polar surface area (TPSA) is 37.6 Å². The zero-order chi connectivity index (χ0) is 15.9. The Balaban J connectivity index is 2.02. The molecule has 0 N–H and O–H groups in total. The van der Waals surface area contributed by atoms with Crippen LogP contribution in [-0.2, 0) is 0 Å². The lowest BCUT2D eigenvalue weighted by atomic mass is 10.0. The van der Waals surface area contributed by atoms with Gasteiger partial charge in [-0.2, -0.15) is 5.10 Å². The van der Waals surface area contributed by atoms with Gasteiger partial charge < -0.3 is 0 Å². The van der Waals surface area contributed by atoms with E-state index in [1.165, 1.54) is 0 Å².